The SMILES string of the molecule is O=C(CN(c1cccc(C(F)(F)F)c1)S(=O)(=O)c1ccccc1)N/N=C\c1c2ccccc2cc2ccccc12. The molecular formula is C30H22F3N3O3S. The first-order valence-electron chi connectivity index (χ1n) is 12.1. The van der Waals surface area contributed by atoms with Crippen LogP contribution < -0.4 is 9.73 Å². The number of carbonyl (C=O) groups excluding carboxylic acids is 1. The number of rotatable bonds is 7. The highest BCUT2D eigenvalue weighted by molar-refractivity contribution is 7.92. The number of benzene rings is 5. The minimum atomic E-state index is -4.70. The molecule has 0 unspecified atom stereocenters. The van der Waals surface area contributed by atoms with Crippen LogP contribution in [0.3, 0.4) is 0 Å². The van der Waals surface area contributed by atoms with Crippen LogP contribution in [0.15, 0.2) is 119 Å². The van der Waals surface area contributed by atoms with Crippen molar-refractivity contribution in [1.29, 1.82) is 0 Å². The molecule has 0 saturated carbocycles. The molecule has 0 bridgehead atoms. The normalized spacial score (nSPS) is 12.2. The van der Waals surface area contributed by atoms with Crippen molar-refractivity contribution < 1.29 is 26.4 Å². The minimum Gasteiger partial charge on any atom is -0.271 e. The molecule has 0 fully saturated rings. The fourth-order valence-corrected chi connectivity index (χ4v) is 5.83. The average molecular weight is 562 g/mol. The number of alkyl halides is 3. The van der Waals surface area contributed by atoms with Gasteiger partial charge < -0.3 is 0 Å². The molecule has 0 aliphatic carbocycles. The average Bonchev–Trinajstić information content (AvgIpc) is 2.95. The molecule has 0 saturated heterocycles. The van der Waals surface area contributed by atoms with Crippen LogP contribution >= 0.6 is 0 Å². The molecule has 5 aromatic rings. The van der Waals surface area contributed by atoms with Crippen molar-refractivity contribution in [1.82, 2.24) is 5.43 Å². The van der Waals surface area contributed by atoms with Gasteiger partial charge in [0.25, 0.3) is 15.9 Å². The molecule has 0 spiro atoms. The molecule has 202 valence electrons. The molecule has 5 rings (SSSR count). The summed E-state index contributed by atoms with van der Waals surface area (Å²) >= 11 is 0. The van der Waals surface area contributed by atoms with Crippen LogP contribution in [0.1, 0.15) is 11.1 Å². The number of nitrogens with one attached hydrogen (secondary N) is 1. The maximum Gasteiger partial charge on any atom is 0.416 e. The number of fused-ring (bicyclic) bond motifs is 2. The molecular weight excluding hydrogens is 539 g/mol. The summed E-state index contributed by atoms with van der Waals surface area (Å²) in [5.41, 5.74) is 1.73. The molecule has 1 amide bonds. The quantitative estimate of drug-likeness (QED) is 0.143. The molecule has 0 heterocycles. The molecule has 0 radical (unpaired) electrons. The maximum atomic E-state index is 13.4. The van der Waals surface area contributed by atoms with E-state index in [-0.39, 0.29) is 10.6 Å². The summed E-state index contributed by atoms with van der Waals surface area (Å²) in [4.78, 5) is 12.8. The van der Waals surface area contributed by atoms with Gasteiger partial charge in [-0.3, -0.25) is 9.10 Å². The molecule has 5 aromatic carbocycles. The Kier molecular flexibility index (Phi) is 7.27. The first-order chi connectivity index (χ1) is 19.1. The third-order valence-corrected chi connectivity index (χ3v) is 8.06. The van der Waals surface area contributed by atoms with Crippen molar-refractivity contribution in [3.63, 3.8) is 0 Å². The number of anilines is 1. The summed E-state index contributed by atoms with van der Waals surface area (Å²) in [6.07, 6.45) is -3.23. The van der Waals surface area contributed by atoms with E-state index in [0.29, 0.717) is 10.4 Å². The second-order valence-electron chi connectivity index (χ2n) is 8.90. The van der Waals surface area contributed by atoms with Gasteiger partial charge in [-0.1, -0.05) is 72.8 Å². The lowest BCUT2D eigenvalue weighted by Gasteiger charge is -2.24. The van der Waals surface area contributed by atoms with Crippen LogP contribution in [0.2, 0.25) is 0 Å². The summed E-state index contributed by atoms with van der Waals surface area (Å²) in [7, 11) is -4.39. The topological polar surface area (TPSA) is 78.8 Å². The van der Waals surface area contributed by atoms with E-state index in [4.69, 9.17) is 0 Å². The van der Waals surface area contributed by atoms with Crippen LogP contribution in [0.5, 0.6) is 0 Å². The number of hydrogen-bond acceptors (Lipinski definition) is 4. The summed E-state index contributed by atoms with van der Waals surface area (Å²) in [5.74, 6) is -0.835. The fraction of sp³-hybridized carbons (Fsp3) is 0.0667. The molecule has 0 aliphatic heterocycles. The second kappa shape index (κ2) is 10.8. The third kappa shape index (κ3) is 5.52. The van der Waals surface area contributed by atoms with Crippen LogP contribution in [0.25, 0.3) is 21.5 Å². The number of halogens is 3. The number of hydrogen-bond donors (Lipinski definition) is 1. The Morgan fingerprint density at radius 1 is 0.800 bits per heavy atom. The first kappa shape index (κ1) is 26.9. The highest BCUT2D eigenvalue weighted by Crippen LogP contribution is 2.33. The standard InChI is InChI=1S/C30H22F3N3O3S/c31-30(32,33)23-11-8-12-24(18-23)36(40(38,39)25-13-2-1-3-14-25)20-29(37)35-34-19-28-26-15-6-4-9-21(26)17-22-10-5-7-16-27(22)28/h1-19H,20H2,(H,35,37)/b34-19-. The van der Waals surface area contributed by atoms with Gasteiger partial charge in [-0.05, 0) is 57.9 Å². The van der Waals surface area contributed by atoms with Crippen molar-refractivity contribution >= 4 is 49.4 Å². The van der Waals surface area contributed by atoms with Gasteiger partial charge in [0.05, 0.1) is 22.4 Å². The van der Waals surface area contributed by atoms with Gasteiger partial charge in [-0.15, -0.1) is 0 Å². The summed E-state index contributed by atoms with van der Waals surface area (Å²) in [5, 5.41) is 7.82. The monoisotopic (exact) mass is 561 g/mol. The fourth-order valence-electron chi connectivity index (χ4n) is 4.39. The highest BCUT2D eigenvalue weighted by Gasteiger charge is 2.33. The van der Waals surface area contributed by atoms with Crippen LogP contribution in [0, 0.1) is 0 Å². The molecule has 40 heavy (non-hydrogen) atoms. The predicted octanol–water partition coefficient (Wildman–Crippen LogP) is 6.36. The van der Waals surface area contributed by atoms with E-state index in [2.05, 4.69) is 10.5 Å². The smallest absolute Gasteiger partial charge is 0.271 e. The van der Waals surface area contributed by atoms with E-state index in [9.17, 15) is 26.4 Å². The van der Waals surface area contributed by atoms with Gasteiger partial charge in [-0.25, -0.2) is 13.8 Å². The Balaban J connectivity index is 1.47. The van der Waals surface area contributed by atoms with E-state index < -0.39 is 34.2 Å². The highest BCUT2D eigenvalue weighted by atomic mass is 32.2. The molecule has 6 nitrogen and oxygen atoms in total. The maximum absolute atomic E-state index is 13.4. The lowest BCUT2D eigenvalue weighted by atomic mass is 9.97. The van der Waals surface area contributed by atoms with Crippen LogP contribution in [0.4, 0.5) is 18.9 Å². The minimum absolute atomic E-state index is 0.175. The number of amides is 1. The molecule has 0 aromatic heterocycles. The Bertz CT molecular complexity index is 1790. The van der Waals surface area contributed by atoms with E-state index in [1.54, 1.807) is 6.07 Å². The van der Waals surface area contributed by atoms with Crippen LogP contribution in [-0.4, -0.2) is 27.1 Å². The third-order valence-electron chi connectivity index (χ3n) is 6.28. The van der Waals surface area contributed by atoms with E-state index in [0.717, 1.165) is 39.2 Å². The number of nitrogens with zero attached hydrogens (tertiary/aromatic N) is 2. The van der Waals surface area contributed by atoms with Crippen molar-refractivity contribution in [3.05, 3.63) is 120 Å². The molecule has 0 aliphatic rings. The van der Waals surface area contributed by atoms with Gasteiger partial charge in [0.15, 0.2) is 0 Å². The Morgan fingerprint density at radius 2 is 1.40 bits per heavy atom. The number of sulfonamides is 1. The predicted molar refractivity (Wildman–Crippen MR) is 150 cm³/mol. The summed E-state index contributed by atoms with van der Waals surface area (Å²) < 4.78 is 67.7. The summed E-state index contributed by atoms with van der Waals surface area (Å²) in [6.45, 7) is -0.799. The zero-order chi connectivity index (χ0) is 28.3. The number of carbonyl (C=O) groups is 1. The van der Waals surface area contributed by atoms with Crippen LogP contribution in [-0.2, 0) is 21.0 Å². The van der Waals surface area contributed by atoms with Gasteiger partial charge in [0.1, 0.15) is 6.54 Å². The molecule has 1 N–H and O–H groups in total. The van der Waals surface area contributed by atoms with Gasteiger partial charge in [0, 0.05) is 5.56 Å². The molecule has 0 atom stereocenters. The zero-order valence-corrected chi connectivity index (χ0v) is 21.7. The Hall–Kier alpha value is -4.70. The Labute approximate surface area is 228 Å². The number of hydrazone groups is 1. The zero-order valence-electron chi connectivity index (χ0n) is 20.8. The van der Waals surface area contributed by atoms with Crippen molar-refractivity contribution in [2.24, 2.45) is 5.10 Å². The molecule has 10 heteroatoms. The van der Waals surface area contributed by atoms with Gasteiger partial charge >= 0.3 is 6.18 Å². The first-order valence-corrected chi connectivity index (χ1v) is 13.6. The van der Waals surface area contributed by atoms with Gasteiger partial charge in [-0.2, -0.15) is 18.3 Å². The largest absolute Gasteiger partial charge is 0.416 e. The summed E-state index contributed by atoms with van der Waals surface area (Å²) in [6, 6.07) is 28.4. The van der Waals surface area contributed by atoms with Crippen molar-refractivity contribution in [2.45, 2.75) is 11.1 Å². The van der Waals surface area contributed by atoms with E-state index >= 15 is 0 Å². The van der Waals surface area contributed by atoms with Gasteiger partial charge in [0.2, 0.25) is 0 Å². The lowest BCUT2D eigenvalue weighted by Crippen LogP contribution is -2.39. The van der Waals surface area contributed by atoms with E-state index in [1.165, 1.54) is 36.5 Å². The van der Waals surface area contributed by atoms with Crippen molar-refractivity contribution in [3.8, 4) is 0 Å². The lowest BCUT2D eigenvalue weighted by molar-refractivity contribution is -0.137. The Morgan fingerprint density at radius 3 is 2.02 bits per heavy atom. The van der Waals surface area contributed by atoms with Crippen molar-refractivity contribution in [2.75, 3.05) is 10.8 Å². The van der Waals surface area contributed by atoms with E-state index in [1.807, 2.05) is 54.6 Å². The second-order valence-corrected chi connectivity index (χ2v) is 10.8.